The summed E-state index contributed by atoms with van der Waals surface area (Å²) in [6.07, 6.45) is 10.9. The number of carbonyl (C=O) groups is 1. The molecule has 0 fully saturated rings. The molecule has 0 bridgehead atoms. The van der Waals surface area contributed by atoms with Gasteiger partial charge in [0.15, 0.2) is 6.29 Å². The Kier molecular flexibility index (Phi) is 20.9. The standard InChI is InChI=1S/C13H27NO.C4H10O2/c1-3-5-7-9-11-14(13-15)12-10-8-6-4-2;1-4(5-2)6-3/h13H,3-12H2,1-2H3;4H,1-3H3. The van der Waals surface area contributed by atoms with Gasteiger partial charge in [0.25, 0.3) is 0 Å². The number of carbonyl (C=O) groups excluding carboxylic acids is 1. The number of nitrogens with zero attached hydrogens (tertiary/aromatic N) is 1. The monoisotopic (exact) mass is 303 g/mol. The predicted octanol–water partition coefficient (Wildman–Crippen LogP) is 4.23. The van der Waals surface area contributed by atoms with E-state index >= 15 is 0 Å². The molecule has 0 rings (SSSR count). The molecule has 128 valence electrons. The summed E-state index contributed by atoms with van der Waals surface area (Å²) in [6, 6.07) is 0. The third-order valence-electron chi connectivity index (χ3n) is 3.41. The lowest BCUT2D eigenvalue weighted by atomic mass is 10.2. The van der Waals surface area contributed by atoms with Crippen LogP contribution in [0.2, 0.25) is 0 Å². The van der Waals surface area contributed by atoms with Crippen molar-refractivity contribution in [2.75, 3.05) is 27.3 Å². The van der Waals surface area contributed by atoms with Gasteiger partial charge < -0.3 is 14.4 Å². The first kappa shape index (κ1) is 22.7. The van der Waals surface area contributed by atoms with Crippen LogP contribution in [0.15, 0.2) is 0 Å². The Morgan fingerprint density at radius 1 is 0.857 bits per heavy atom. The fourth-order valence-corrected chi connectivity index (χ4v) is 1.80. The zero-order chi connectivity index (χ0) is 16.3. The summed E-state index contributed by atoms with van der Waals surface area (Å²) in [5.74, 6) is 0. The molecule has 4 heteroatoms. The molecule has 0 aliphatic rings. The summed E-state index contributed by atoms with van der Waals surface area (Å²) in [4.78, 5) is 12.7. The molecule has 0 aromatic heterocycles. The highest BCUT2D eigenvalue weighted by Gasteiger charge is 2.00. The maximum Gasteiger partial charge on any atom is 0.209 e. The molecule has 4 nitrogen and oxygen atoms in total. The largest absolute Gasteiger partial charge is 0.356 e. The third kappa shape index (κ3) is 19.4. The Balaban J connectivity index is 0. The summed E-state index contributed by atoms with van der Waals surface area (Å²) in [6.45, 7) is 8.16. The predicted molar refractivity (Wildman–Crippen MR) is 89.4 cm³/mol. The first-order chi connectivity index (χ1) is 10.2. The Bertz CT molecular complexity index is 184. The summed E-state index contributed by atoms with van der Waals surface area (Å²) in [5.41, 5.74) is 0. The SMILES string of the molecule is CCCCCCN(C=O)CCCCCC.COC(C)OC. The van der Waals surface area contributed by atoms with E-state index in [9.17, 15) is 4.79 Å². The Hall–Kier alpha value is -0.610. The van der Waals surface area contributed by atoms with Crippen LogP contribution in [0.1, 0.15) is 72.1 Å². The summed E-state index contributed by atoms with van der Waals surface area (Å²) in [5, 5.41) is 0. The average Bonchev–Trinajstić information content (AvgIpc) is 2.53. The zero-order valence-electron chi connectivity index (χ0n) is 14.9. The highest BCUT2D eigenvalue weighted by Crippen LogP contribution is 2.03. The van der Waals surface area contributed by atoms with Gasteiger partial charge in [-0.05, 0) is 19.8 Å². The molecule has 0 spiro atoms. The first-order valence-corrected chi connectivity index (χ1v) is 8.41. The normalized spacial score (nSPS) is 10.2. The number of hydrogen-bond donors (Lipinski definition) is 0. The van der Waals surface area contributed by atoms with Gasteiger partial charge in [0.2, 0.25) is 6.41 Å². The number of unbranched alkanes of at least 4 members (excludes halogenated alkanes) is 6. The number of methoxy groups -OCH3 is 2. The van der Waals surface area contributed by atoms with Crippen molar-refractivity contribution >= 4 is 6.41 Å². The smallest absolute Gasteiger partial charge is 0.209 e. The number of amides is 1. The summed E-state index contributed by atoms with van der Waals surface area (Å²) >= 11 is 0. The van der Waals surface area contributed by atoms with Crippen LogP contribution in [0.3, 0.4) is 0 Å². The molecule has 0 aliphatic heterocycles. The molecule has 0 aliphatic carbocycles. The number of rotatable bonds is 13. The van der Waals surface area contributed by atoms with E-state index < -0.39 is 0 Å². The van der Waals surface area contributed by atoms with Crippen LogP contribution < -0.4 is 0 Å². The zero-order valence-corrected chi connectivity index (χ0v) is 14.9. The number of ether oxygens (including phenoxy) is 2. The molecular formula is C17H37NO3. The van der Waals surface area contributed by atoms with Gasteiger partial charge in [0.05, 0.1) is 0 Å². The minimum absolute atomic E-state index is 0.0648. The van der Waals surface area contributed by atoms with E-state index in [-0.39, 0.29) is 6.29 Å². The Morgan fingerprint density at radius 2 is 1.29 bits per heavy atom. The fourth-order valence-electron chi connectivity index (χ4n) is 1.80. The molecular weight excluding hydrogens is 266 g/mol. The van der Waals surface area contributed by atoms with Crippen LogP contribution in [0.5, 0.6) is 0 Å². The molecule has 1 amide bonds. The quantitative estimate of drug-likeness (QED) is 0.290. The van der Waals surface area contributed by atoms with Gasteiger partial charge in [0.1, 0.15) is 0 Å². The van der Waals surface area contributed by atoms with Crippen molar-refractivity contribution in [3.05, 3.63) is 0 Å². The van der Waals surface area contributed by atoms with Crippen molar-refractivity contribution in [1.29, 1.82) is 0 Å². The Morgan fingerprint density at radius 3 is 1.52 bits per heavy atom. The molecule has 0 saturated carbocycles. The van der Waals surface area contributed by atoms with Gasteiger partial charge >= 0.3 is 0 Å². The molecule has 21 heavy (non-hydrogen) atoms. The van der Waals surface area contributed by atoms with Crippen LogP contribution in [0, 0.1) is 0 Å². The van der Waals surface area contributed by atoms with E-state index in [1.807, 2.05) is 11.8 Å². The Labute approximate surface area is 132 Å². The summed E-state index contributed by atoms with van der Waals surface area (Å²) in [7, 11) is 3.21. The fraction of sp³-hybridized carbons (Fsp3) is 0.941. The highest BCUT2D eigenvalue weighted by atomic mass is 16.7. The number of hydrogen-bond acceptors (Lipinski definition) is 3. The van der Waals surface area contributed by atoms with Crippen molar-refractivity contribution in [3.8, 4) is 0 Å². The molecule has 0 heterocycles. The molecule has 0 aromatic carbocycles. The van der Waals surface area contributed by atoms with Gasteiger partial charge in [-0.25, -0.2) is 0 Å². The molecule has 0 N–H and O–H groups in total. The van der Waals surface area contributed by atoms with Crippen LogP contribution in [-0.4, -0.2) is 44.9 Å². The van der Waals surface area contributed by atoms with Gasteiger partial charge in [-0.15, -0.1) is 0 Å². The van der Waals surface area contributed by atoms with E-state index in [0.29, 0.717) is 0 Å². The maximum atomic E-state index is 10.8. The van der Waals surface area contributed by atoms with Gasteiger partial charge in [-0.2, -0.15) is 0 Å². The second-order valence-corrected chi connectivity index (χ2v) is 5.30. The molecule has 0 aromatic rings. The second kappa shape index (κ2) is 19.4. The van der Waals surface area contributed by atoms with E-state index in [0.717, 1.165) is 19.5 Å². The second-order valence-electron chi connectivity index (χ2n) is 5.30. The van der Waals surface area contributed by atoms with Crippen LogP contribution in [0.4, 0.5) is 0 Å². The first-order valence-electron chi connectivity index (χ1n) is 8.41. The third-order valence-corrected chi connectivity index (χ3v) is 3.41. The van der Waals surface area contributed by atoms with E-state index in [1.165, 1.54) is 51.4 Å². The molecule has 0 atom stereocenters. The summed E-state index contributed by atoms with van der Waals surface area (Å²) < 4.78 is 9.35. The molecule has 0 saturated heterocycles. The van der Waals surface area contributed by atoms with Crippen molar-refractivity contribution in [3.63, 3.8) is 0 Å². The van der Waals surface area contributed by atoms with E-state index in [4.69, 9.17) is 0 Å². The molecule has 0 unspecified atom stereocenters. The minimum Gasteiger partial charge on any atom is -0.356 e. The van der Waals surface area contributed by atoms with Crippen molar-refractivity contribution < 1.29 is 14.3 Å². The van der Waals surface area contributed by atoms with Crippen LogP contribution >= 0.6 is 0 Å². The van der Waals surface area contributed by atoms with Crippen molar-refractivity contribution in [1.82, 2.24) is 4.90 Å². The lowest BCUT2D eigenvalue weighted by Crippen LogP contribution is -2.24. The van der Waals surface area contributed by atoms with E-state index in [1.54, 1.807) is 14.2 Å². The van der Waals surface area contributed by atoms with Gasteiger partial charge in [0, 0.05) is 27.3 Å². The van der Waals surface area contributed by atoms with Crippen LogP contribution in [-0.2, 0) is 14.3 Å². The average molecular weight is 303 g/mol. The lowest BCUT2D eigenvalue weighted by Gasteiger charge is -2.16. The van der Waals surface area contributed by atoms with Crippen molar-refractivity contribution in [2.45, 2.75) is 78.4 Å². The topological polar surface area (TPSA) is 38.8 Å². The highest BCUT2D eigenvalue weighted by molar-refractivity contribution is 5.46. The van der Waals surface area contributed by atoms with Crippen molar-refractivity contribution in [2.24, 2.45) is 0 Å². The van der Waals surface area contributed by atoms with Gasteiger partial charge in [-0.3, -0.25) is 4.79 Å². The van der Waals surface area contributed by atoms with E-state index in [2.05, 4.69) is 23.3 Å². The lowest BCUT2D eigenvalue weighted by molar-refractivity contribution is -0.118. The maximum absolute atomic E-state index is 10.8. The molecule has 0 radical (unpaired) electrons. The minimum atomic E-state index is -0.0648. The van der Waals surface area contributed by atoms with Gasteiger partial charge in [-0.1, -0.05) is 52.4 Å². The van der Waals surface area contributed by atoms with Crippen LogP contribution in [0.25, 0.3) is 0 Å².